The molecule has 6 heterocycles. The number of aliphatic hydroxyl groups is 1. The molecule has 3 fully saturated rings. The number of hydrogen-bond donors (Lipinski definition) is 21. The summed E-state index contributed by atoms with van der Waals surface area (Å²) in [5, 5.41) is 71.8. The number of nitrogens with one attached hydrogen (secondary N) is 14. The van der Waals surface area contributed by atoms with Gasteiger partial charge >= 0.3 is 5.97 Å². The molecule has 138 heavy (non-hydrogen) atoms. The number of hydrogen-bond acceptors (Lipinski definition) is 25. The van der Waals surface area contributed by atoms with Crippen LogP contribution in [0.4, 0.5) is 0 Å². The van der Waals surface area contributed by atoms with Crippen molar-refractivity contribution < 1.29 is 102 Å². The molecular weight excluding hydrogens is 1830 g/mol. The lowest BCUT2D eigenvalue weighted by atomic mass is 9.99. The largest absolute Gasteiger partial charge is 0.508 e. The molecule has 3 saturated heterocycles. The fraction of sp³-hybridized carbons (Fsp3) is 0.516. The number of carboxylic acids is 1. The fourth-order valence-electron chi connectivity index (χ4n) is 16.8. The monoisotopic (exact) mass is 1950 g/mol. The summed E-state index contributed by atoms with van der Waals surface area (Å²) in [6.45, 7) is 3.16. The van der Waals surface area contributed by atoms with Crippen molar-refractivity contribution in [1.29, 1.82) is 5.41 Å². The van der Waals surface area contributed by atoms with E-state index in [1.165, 1.54) is 76.2 Å². The van der Waals surface area contributed by atoms with Crippen molar-refractivity contribution >= 4 is 156 Å². The second kappa shape index (κ2) is 51.9. The number of thioether (sulfide) groups is 1. The number of aliphatic carboxylic acids is 1. The average Bonchev–Trinajstić information content (AvgIpc) is 1.70. The molecule has 9 rings (SSSR count). The summed E-state index contributed by atoms with van der Waals surface area (Å²) in [5.74, 6) is -19.6. The number of carboxylic acid groups (broad SMARTS) is 1. The molecule has 748 valence electrons. The normalized spacial score (nSPS) is 24.4. The van der Waals surface area contributed by atoms with Crippen LogP contribution < -0.4 is 81.4 Å². The van der Waals surface area contributed by atoms with E-state index in [2.05, 4.69) is 73.4 Å². The van der Waals surface area contributed by atoms with Crippen LogP contribution in [-0.2, 0) is 112 Å². The number of benzene rings is 3. The van der Waals surface area contributed by atoms with Gasteiger partial charge in [-0.05, 0) is 117 Å². The molecular formula is C91H126N24O21S2. The Morgan fingerprint density at radius 1 is 0.558 bits per heavy atom. The molecule has 0 aliphatic carbocycles. The van der Waals surface area contributed by atoms with Gasteiger partial charge in [-0.3, -0.25) is 91.7 Å². The first kappa shape index (κ1) is 108. The number of aromatic amines is 2. The third kappa shape index (κ3) is 30.3. The van der Waals surface area contributed by atoms with Gasteiger partial charge in [0, 0.05) is 119 Å². The van der Waals surface area contributed by atoms with Crippen molar-refractivity contribution in [2.75, 3.05) is 65.4 Å². The number of carbonyl (C=O) groups is 18. The Morgan fingerprint density at radius 2 is 1.14 bits per heavy atom. The van der Waals surface area contributed by atoms with Gasteiger partial charge in [-0.15, -0.1) is 23.1 Å². The zero-order valence-electron chi connectivity index (χ0n) is 77.8. The number of aromatic hydroxyl groups is 1. The van der Waals surface area contributed by atoms with Gasteiger partial charge in [0.05, 0.1) is 31.1 Å². The van der Waals surface area contributed by atoms with Gasteiger partial charge in [0.1, 0.15) is 90.3 Å². The number of imidazole rings is 1. The first-order chi connectivity index (χ1) is 65.8. The molecule has 25 N–H and O–H groups in total. The van der Waals surface area contributed by atoms with E-state index >= 15 is 38.4 Å². The number of nitrogens with zero attached hydrogens (tertiary/aromatic N) is 6. The molecule has 3 aromatic carbocycles. The maximum Gasteiger partial charge on any atom is 0.303 e. The number of phenolic OH excluding ortho intramolecular Hbond substituents is 1. The molecule has 15 atom stereocenters. The smallest absolute Gasteiger partial charge is 0.303 e. The molecule has 0 saturated carbocycles. The zero-order valence-corrected chi connectivity index (χ0v) is 79.4. The number of guanidine groups is 1. The van der Waals surface area contributed by atoms with E-state index in [1.807, 2.05) is 19.9 Å². The van der Waals surface area contributed by atoms with Crippen molar-refractivity contribution in [3.05, 3.63) is 119 Å². The van der Waals surface area contributed by atoms with Crippen molar-refractivity contribution in [3.8, 4) is 5.75 Å². The SMILES string of the molecule is CCCC[C@H]1C(=O)N(C)[C@@H](CCCC)C(=O)N[C@@H](CCCNC(=N)N)C(=O)N[C@H](C(=O)NCC(N)=O)CSCC(=O)N[C@@H](Cc2ccc(O)cc2)C(=O)N(C)[C@@H](C)C(=O)N[C@@H](CC(N)=O)C(=O)N2CCC[C@H]2C(=O)N[C@@H](Cc2cnc[nH]2)C(=O)N[C@@H](CCC(=O)O)C(=O)N2C[C@H](O)C[C@H]2C(=O)N[C@@H](Cc2csc3ccccc23)C(=O)N[C@@H](CCN)C(=O)N[C@@H](Cc2c[nH]c3ccccc23)C(=O)N1C. The van der Waals surface area contributed by atoms with Crippen molar-refractivity contribution in [2.24, 2.45) is 22.9 Å². The first-order valence-corrected chi connectivity index (χ1v) is 47.8. The van der Waals surface area contributed by atoms with Gasteiger partial charge in [0.2, 0.25) is 100 Å². The van der Waals surface area contributed by atoms with Gasteiger partial charge < -0.3 is 131 Å². The summed E-state index contributed by atoms with van der Waals surface area (Å²) in [6, 6.07) is -2.55. The number of amides is 17. The number of aliphatic hydroxyl groups excluding tert-OH is 1. The second-order valence-corrected chi connectivity index (χ2v) is 36.5. The number of nitrogens with two attached hydrogens (primary N) is 4. The van der Waals surface area contributed by atoms with Crippen molar-refractivity contribution in [3.63, 3.8) is 0 Å². The van der Waals surface area contributed by atoms with E-state index < -0.39 is 260 Å². The highest BCUT2D eigenvalue weighted by molar-refractivity contribution is 8.00. The molecule has 47 heteroatoms. The van der Waals surface area contributed by atoms with E-state index in [-0.39, 0.29) is 95.3 Å². The Morgan fingerprint density at radius 3 is 1.80 bits per heavy atom. The van der Waals surface area contributed by atoms with Gasteiger partial charge in [0.25, 0.3) is 0 Å². The van der Waals surface area contributed by atoms with Crippen LogP contribution in [0, 0.1) is 5.41 Å². The lowest BCUT2D eigenvalue weighted by Crippen LogP contribution is -2.61. The molecule has 0 spiro atoms. The van der Waals surface area contributed by atoms with Crippen LogP contribution in [0.1, 0.15) is 139 Å². The highest BCUT2D eigenvalue weighted by Gasteiger charge is 2.47. The highest BCUT2D eigenvalue weighted by atomic mass is 32.2. The number of rotatable bonds is 28. The number of likely N-dealkylation sites (N-methyl/N-ethyl adjacent to an activating group) is 3. The number of para-hydroxylation sites is 1. The maximum atomic E-state index is 15.9. The Kier molecular flexibility index (Phi) is 40.6. The molecule has 3 aliphatic heterocycles. The van der Waals surface area contributed by atoms with Crippen LogP contribution in [0.25, 0.3) is 21.0 Å². The summed E-state index contributed by atoms with van der Waals surface area (Å²) in [6.07, 6.45) is -0.0582. The number of thiophene rings is 1. The molecule has 0 unspecified atom stereocenters. The molecule has 6 aromatic rings. The standard InChI is InChI=1S/C91H126N24O21S2/c1-7-9-21-68-83(129)104-59(20-15-33-98-91(95)96)79(125)110-67(78(124)100-43-74(94)119)46-137-47-75(120)102-64(35-50-25-27-54(116)28-26-50)86(132)111(4)49(3)77(123)108-66(40-73(93)118)89(135)114-34-16-23-69(114)84(130)107-63(38-53-42-97-48-101-53)82(128)105-61(29-30-76(121)122)88(134)115-44-55(117)39-71(115)85(131)106-62(37-52-45-138-72-24-14-12-18-57(52)72)81(127)103-60(31-32-92)80(126)109-65(36-51-41-99-58-19-13-11-17-56(51)58)87(133)113(6)70(22-10-8-2)90(136)112(68)5/h11-14,17-19,24-28,41-42,45,48-49,55,59-71,99,116-117H,7-10,15-16,20-23,29-40,43-44,46-47,92H2,1-6H3,(H2,93,118)(H2,94,119)(H,97,101)(H,100,124)(H,102,120)(H,103,127)(H,104,129)(H,105,128)(H,106,131)(H,107,130)(H,108,123)(H,109,126)(H,110,125)(H,121,122)(H4,95,96,98)/t49-,55+,59-,60-,61-,62-,63-,64-,65-,66-,67-,68-,69-,70-,71-/m0/s1. The van der Waals surface area contributed by atoms with E-state index in [9.17, 15) is 63.3 Å². The van der Waals surface area contributed by atoms with E-state index in [0.717, 1.165) is 41.0 Å². The predicted molar refractivity (Wildman–Crippen MR) is 507 cm³/mol. The molecule has 0 bridgehead atoms. The molecule has 45 nitrogen and oxygen atoms in total. The third-order valence-electron chi connectivity index (χ3n) is 24.4. The van der Waals surface area contributed by atoms with Crippen LogP contribution >= 0.6 is 23.1 Å². The summed E-state index contributed by atoms with van der Waals surface area (Å²) in [4.78, 5) is 279. The minimum atomic E-state index is -1.84. The van der Waals surface area contributed by atoms with Crippen LogP contribution in [0.3, 0.4) is 0 Å². The second-order valence-electron chi connectivity index (χ2n) is 34.6. The quantitative estimate of drug-likeness (QED) is 0.0132. The summed E-state index contributed by atoms with van der Waals surface area (Å²) in [7, 11) is 3.90. The number of unbranched alkanes of at least 4 members (excludes halogenated alkanes) is 2. The lowest BCUT2D eigenvalue weighted by molar-refractivity contribution is -0.149. The topological polar surface area (TPSA) is 689 Å². The predicted octanol–water partition coefficient (Wildman–Crippen LogP) is -3.02. The van der Waals surface area contributed by atoms with Crippen LogP contribution in [0.15, 0.2) is 96.9 Å². The summed E-state index contributed by atoms with van der Waals surface area (Å²) >= 11 is 2.07. The Hall–Kier alpha value is -13.8. The van der Waals surface area contributed by atoms with Crippen LogP contribution in [0.2, 0.25) is 0 Å². The molecule has 3 aliphatic rings. The molecule has 17 amide bonds. The average molecular weight is 1960 g/mol. The number of primary amides is 2. The van der Waals surface area contributed by atoms with Crippen molar-refractivity contribution in [2.45, 2.75) is 233 Å². The first-order valence-electron chi connectivity index (χ1n) is 45.8. The lowest BCUT2D eigenvalue weighted by Gasteiger charge is -2.36. The van der Waals surface area contributed by atoms with Crippen LogP contribution in [-0.4, -0.2) is 323 Å². The van der Waals surface area contributed by atoms with Crippen LogP contribution in [0.5, 0.6) is 5.75 Å². The minimum absolute atomic E-state index is 0.00690. The Balaban J connectivity index is 1.11. The van der Waals surface area contributed by atoms with Gasteiger partial charge in [-0.2, -0.15) is 0 Å². The Bertz CT molecular complexity index is 5350. The van der Waals surface area contributed by atoms with E-state index in [1.54, 1.807) is 54.0 Å². The number of phenols is 1. The number of H-pyrrole nitrogens is 2. The third-order valence-corrected chi connectivity index (χ3v) is 26.5. The minimum Gasteiger partial charge on any atom is -0.508 e. The van der Waals surface area contributed by atoms with Gasteiger partial charge in [-0.25, -0.2) is 4.98 Å². The molecule has 3 aromatic heterocycles. The Labute approximate surface area is 804 Å². The van der Waals surface area contributed by atoms with E-state index in [0.29, 0.717) is 58.7 Å². The molecule has 0 radical (unpaired) electrons. The number of fused-ring (bicyclic) bond motifs is 4. The fourth-order valence-corrected chi connectivity index (χ4v) is 18.6. The number of aromatic nitrogens is 3. The maximum absolute atomic E-state index is 15.9. The van der Waals surface area contributed by atoms with Gasteiger partial charge in [-0.1, -0.05) is 88.1 Å². The summed E-state index contributed by atoms with van der Waals surface area (Å²) in [5.41, 5.74) is 25.4. The zero-order chi connectivity index (χ0) is 101. The van der Waals surface area contributed by atoms with Gasteiger partial charge in [0.15, 0.2) is 5.96 Å². The number of carbonyl (C=O) groups excluding carboxylic acids is 17. The summed E-state index contributed by atoms with van der Waals surface area (Å²) < 4.78 is 0.781. The van der Waals surface area contributed by atoms with E-state index in [4.69, 9.17) is 28.3 Å². The highest BCUT2D eigenvalue weighted by Crippen LogP contribution is 2.30. The van der Waals surface area contributed by atoms with Crippen molar-refractivity contribution in [1.82, 2.24) is 97.9 Å².